The lowest BCUT2D eigenvalue weighted by molar-refractivity contribution is 0.111. The van der Waals surface area contributed by atoms with Crippen molar-refractivity contribution in [3.8, 4) is 0 Å². The Morgan fingerprint density at radius 1 is 1.23 bits per heavy atom. The molecule has 0 amide bonds. The molecule has 1 aliphatic carbocycles. The zero-order valence-corrected chi connectivity index (χ0v) is 8.20. The van der Waals surface area contributed by atoms with Crippen LogP contribution in [0.15, 0.2) is 24.3 Å². The highest BCUT2D eigenvalue weighted by Crippen LogP contribution is 2.45. The van der Waals surface area contributed by atoms with E-state index in [-0.39, 0.29) is 6.10 Å². The highest BCUT2D eigenvalue weighted by atomic mass is 16.3. The summed E-state index contributed by atoms with van der Waals surface area (Å²) in [7, 11) is 0. The van der Waals surface area contributed by atoms with Gasteiger partial charge in [0.2, 0.25) is 0 Å². The van der Waals surface area contributed by atoms with Crippen LogP contribution >= 0.6 is 0 Å². The fraction of sp³-hybridized carbons (Fsp3) is 0.500. The minimum absolute atomic E-state index is 0.240. The third kappa shape index (κ3) is 1.19. The fourth-order valence-electron chi connectivity index (χ4n) is 2.51. The monoisotopic (exact) mass is 176 g/mol. The van der Waals surface area contributed by atoms with E-state index in [1.807, 2.05) is 12.1 Å². The van der Waals surface area contributed by atoms with Gasteiger partial charge >= 0.3 is 0 Å². The molecule has 3 unspecified atom stereocenters. The third-order valence-corrected chi connectivity index (χ3v) is 3.32. The van der Waals surface area contributed by atoms with E-state index in [0.717, 1.165) is 12.0 Å². The number of rotatable bonds is 1. The molecule has 1 aliphatic rings. The minimum Gasteiger partial charge on any atom is -0.388 e. The average molecular weight is 176 g/mol. The maximum absolute atomic E-state index is 10.0. The second kappa shape index (κ2) is 3.15. The summed E-state index contributed by atoms with van der Waals surface area (Å²) in [4.78, 5) is 0. The Hall–Kier alpha value is -0.820. The highest BCUT2D eigenvalue weighted by molar-refractivity contribution is 5.37. The summed E-state index contributed by atoms with van der Waals surface area (Å²) < 4.78 is 0. The quantitative estimate of drug-likeness (QED) is 0.697. The molecule has 3 atom stereocenters. The molecule has 1 heteroatoms. The van der Waals surface area contributed by atoms with Crippen molar-refractivity contribution in [2.24, 2.45) is 5.92 Å². The summed E-state index contributed by atoms with van der Waals surface area (Å²) in [5, 5.41) is 10.0. The molecule has 0 bridgehead atoms. The van der Waals surface area contributed by atoms with E-state index in [9.17, 15) is 5.11 Å². The molecular formula is C12H16O. The van der Waals surface area contributed by atoms with Crippen LogP contribution in [0.1, 0.15) is 43.4 Å². The van der Waals surface area contributed by atoms with Gasteiger partial charge in [-0.1, -0.05) is 38.1 Å². The van der Waals surface area contributed by atoms with E-state index >= 15 is 0 Å². The van der Waals surface area contributed by atoms with Gasteiger partial charge in [0, 0.05) is 0 Å². The predicted octanol–water partition coefficient (Wildman–Crippen LogP) is 2.86. The Labute approximate surface area is 79.4 Å². The Morgan fingerprint density at radius 2 is 1.85 bits per heavy atom. The molecule has 70 valence electrons. The fourth-order valence-corrected chi connectivity index (χ4v) is 2.51. The number of aliphatic hydroxyl groups is 1. The van der Waals surface area contributed by atoms with Crippen molar-refractivity contribution in [2.45, 2.75) is 32.3 Å². The van der Waals surface area contributed by atoms with Crippen molar-refractivity contribution < 1.29 is 5.11 Å². The molecule has 0 aliphatic heterocycles. The van der Waals surface area contributed by atoms with Crippen LogP contribution in [0.4, 0.5) is 0 Å². The van der Waals surface area contributed by atoms with Gasteiger partial charge in [-0.25, -0.2) is 0 Å². The number of hydrogen-bond acceptors (Lipinski definition) is 1. The van der Waals surface area contributed by atoms with E-state index < -0.39 is 0 Å². The van der Waals surface area contributed by atoms with Gasteiger partial charge in [0.05, 0.1) is 6.10 Å². The Morgan fingerprint density at radius 3 is 2.38 bits per heavy atom. The van der Waals surface area contributed by atoms with Crippen LogP contribution in [-0.2, 0) is 0 Å². The zero-order chi connectivity index (χ0) is 9.42. The zero-order valence-electron chi connectivity index (χ0n) is 8.20. The van der Waals surface area contributed by atoms with E-state index in [2.05, 4.69) is 26.0 Å². The van der Waals surface area contributed by atoms with Gasteiger partial charge in [0.15, 0.2) is 0 Å². The molecule has 1 nitrogen and oxygen atoms in total. The summed E-state index contributed by atoms with van der Waals surface area (Å²) in [6.07, 6.45) is 0.813. The summed E-state index contributed by atoms with van der Waals surface area (Å²) in [6, 6.07) is 8.25. The van der Waals surface area contributed by atoms with Gasteiger partial charge in [0.1, 0.15) is 0 Å². The Balaban J connectivity index is 2.44. The summed E-state index contributed by atoms with van der Waals surface area (Å²) in [5.74, 6) is 0.925. The van der Waals surface area contributed by atoms with Crippen molar-refractivity contribution in [3.63, 3.8) is 0 Å². The predicted molar refractivity (Wildman–Crippen MR) is 53.6 cm³/mol. The van der Waals surface area contributed by atoms with Crippen molar-refractivity contribution >= 4 is 0 Å². The van der Waals surface area contributed by atoms with Crippen LogP contribution in [0.3, 0.4) is 0 Å². The van der Waals surface area contributed by atoms with Crippen molar-refractivity contribution in [3.05, 3.63) is 35.4 Å². The lowest BCUT2D eigenvalue weighted by Gasteiger charge is -2.16. The number of hydrogen-bond donors (Lipinski definition) is 1. The van der Waals surface area contributed by atoms with E-state index in [1.165, 1.54) is 5.56 Å². The maximum atomic E-state index is 10.0. The van der Waals surface area contributed by atoms with Crippen LogP contribution in [0.5, 0.6) is 0 Å². The highest BCUT2D eigenvalue weighted by Gasteiger charge is 2.35. The van der Waals surface area contributed by atoms with E-state index in [1.54, 1.807) is 0 Å². The Kier molecular flexibility index (Phi) is 2.12. The van der Waals surface area contributed by atoms with Crippen LogP contribution in [0, 0.1) is 5.92 Å². The first kappa shape index (κ1) is 8.76. The topological polar surface area (TPSA) is 20.2 Å². The first-order chi connectivity index (χ1) is 6.25. The largest absolute Gasteiger partial charge is 0.388 e. The lowest BCUT2D eigenvalue weighted by atomic mass is 9.91. The Bertz CT molecular complexity index is 277. The maximum Gasteiger partial charge on any atom is 0.0826 e. The van der Waals surface area contributed by atoms with Crippen molar-refractivity contribution in [2.75, 3.05) is 0 Å². The molecule has 13 heavy (non-hydrogen) atoms. The first-order valence-corrected chi connectivity index (χ1v) is 5.02. The minimum atomic E-state index is -0.240. The van der Waals surface area contributed by atoms with Crippen LogP contribution < -0.4 is 0 Å². The molecule has 0 radical (unpaired) electrons. The van der Waals surface area contributed by atoms with E-state index in [0.29, 0.717) is 11.8 Å². The van der Waals surface area contributed by atoms with Crippen LogP contribution in [0.25, 0.3) is 0 Å². The smallest absolute Gasteiger partial charge is 0.0826 e. The number of benzene rings is 1. The van der Waals surface area contributed by atoms with E-state index in [4.69, 9.17) is 0 Å². The van der Waals surface area contributed by atoms with Gasteiger partial charge in [-0.05, 0) is 29.4 Å². The second-order valence-corrected chi connectivity index (χ2v) is 3.93. The molecule has 0 aromatic heterocycles. The van der Waals surface area contributed by atoms with Crippen LogP contribution in [-0.4, -0.2) is 5.11 Å². The SMILES string of the molecule is CCC1C(C)c2ccccc2C1O. The molecule has 0 saturated heterocycles. The third-order valence-electron chi connectivity index (χ3n) is 3.32. The molecule has 0 heterocycles. The molecule has 1 aromatic rings. The normalized spacial score (nSPS) is 31.8. The lowest BCUT2D eigenvalue weighted by Crippen LogP contribution is -2.08. The molecule has 2 rings (SSSR count). The molecule has 1 aromatic carbocycles. The van der Waals surface area contributed by atoms with Crippen molar-refractivity contribution in [1.82, 2.24) is 0 Å². The average Bonchev–Trinajstić information content (AvgIpc) is 2.41. The van der Waals surface area contributed by atoms with Crippen molar-refractivity contribution in [1.29, 1.82) is 0 Å². The molecular weight excluding hydrogens is 160 g/mol. The standard InChI is InChI=1S/C12H16O/c1-3-9-8(2)10-6-4-5-7-11(10)12(9)13/h4-9,12-13H,3H2,1-2H3. The summed E-state index contributed by atoms with van der Waals surface area (Å²) in [6.45, 7) is 4.36. The molecule has 1 N–H and O–H groups in total. The first-order valence-electron chi connectivity index (χ1n) is 5.02. The number of aliphatic hydroxyl groups excluding tert-OH is 1. The molecule has 0 fully saturated rings. The van der Waals surface area contributed by atoms with Gasteiger partial charge in [-0.15, -0.1) is 0 Å². The van der Waals surface area contributed by atoms with Gasteiger partial charge in [0.25, 0.3) is 0 Å². The number of fused-ring (bicyclic) bond motifs is 1. The van der Waals surface area contributed by atoms with Gasteiger partial charge in [-0.2, -0.15) is 0 Å². The summed E-state index contributed by atoms with van der Waals surface area (Å²) >= 11 is 0. The second-order valence-electron chi connectivity index (χ2n) is 3.93. The molecule has 0 saturated carbocycles. The van der Waals surface area contributed by atoms with Crippen LogP contribution in [0.2, 0.25) is 0 Å². The van der Waals surface area contributed by atoms with Gasteiger partial charge in [-0.3, -0.25) is 0 Å². The van der Waals surface area contributed by atoms with Gasteiger partial charge < -0.3 is 5.11 Å². The molecule has 0 spiro atoms. The summed E-state index contributed by atoms with van der Waals surface area (Å²) in [5.41, 5.74) is 2.48.